The van der Waals surface area contributed by atoms with Crippen molar-refractivity contribution in [3.63, 3.8) is 0 Å². The van der Waals surface area contributed by atoms with Gasteiger partial charge < -0.3 is 0 Å². The predicted octanol–water partition coefficient (Wildman–Crippen LogP) is 5.38. The van der Waals surface area contributed by atoms with Crippen molar-refractivity contribution in [3.05, 3.63) is 0 Å². The Labute approximate surface area is 103 Å². The molecule has 0 aromatic rings. The van der Waals surface area contributed by atoms with Crippen molar-refractivity contribution in [2.24, 2.45) is 35.0 Å². The normalized spacial score (nSPS) is 42.6. The first-order chi connectivity index (χ1) is 7.39. The van der Waals surface area contributed by atoms with E-state index in [4.69, 9.17) is 0 Å². The van der Waals surface area contributed by atoms with E-state index in [0.29, 0.717) is 5.41 Å². The van der Waals surface area contributed by atoms with Gasteiger partial charge in [0.1, 0.15) is 0 Å². The lowest BCUT2D eigenvalue weighted by Crippen LogP contribution is -2.56. The van der Waals surface area contributed by atoms with Crippen molar-refractivity contribution in [2.75, 3.05) is 0 Å². The number of hydrogen-bond acceptors (Lipinski definition) is 0. The second-order valence-electron chi connectivity index (χ2n) is 6.68. The molecule has 0 heteroatoms. The van der Waals surface area contributed by atoms with Crippen LogP contribution in [0.3, 0.4) is 0 Å². The highest BCUT2D eigenvalue weighted by Crippen LogP contribution is 2.62. The van der Waals surface area contributed by atoms with Crippen LogP contribution in [-0.4, -0.2) is 0 Å². The van der Waals surface area contributed by atoms with Gasteiger partial charge in [-0.25, -0.2) is 0 Å². The summed E-state index contributed by atoms with van der Waals surface area (Å²) in [6.07, 6.45) is 4.13. The van der Waals surface area contributed by atoms with Gasteiger partial charge in [-0.1, -0.05) is 61.3 Å². The maximum absolute atomic E-state index is 2.55. The van der Waals surface area contributed by atoms with Crippen LogP contribution < -0.4 is 0 Å². The summed E-state index contributed by atoms with van der Waals surface area (Å²) in [5, 5.41) is 0. The van der Waals surface area contributed by atoms with Crippen LogP contribution in [0.1, 0.15) is 67.7 Å². The molecule has 96 valence electrons. The van der Waals surface area contributed by atoms with Crippen molar-refractivity contribution in [2.45, 2.75) is 67.7 Å². The first-order valence-corrected chi connectivity index (χ1v) is 7.39. The second kappa shape index (κ2) is 5.10. The van der Waals surface area contributed by atoms with Gasteiger partial charge in [0.2, 0.25) is 0 Å². The standard InChI is InChI=1S/C16H32/c1-8-11(3)10-15-13(5)14(6)16(15,7)12(4)9-2/h11-15H,8-10H2,1-7H3. The lowest BCUT2D eigenvalue weighted by molar-refractivity contribution is -0.139. The van der Waals surface area contributed by atoms with E-state index in [1.54, 1.807) is 0 Å². The summed E-state index contributed by atoms with van der Waals surface area (Å²) < 4.78 is 0. The van der Waals surface area contributed by atoms with E-state index in [1.807, 2.05) is 0 Å². The van der Waals surface area contributed by atoms with Gasteiger partial charge in [-0.15, -0.1) is 0 Å². The molecule has 0 amide bonds. The molecule has 0 aromatic heterocycles. The molecule has 1 aliphatic rings. The van der Waals surface area contributed by atoms with E-state index in [2.05, 4.69) is 48.5 Å². The Bertz CT molecular complexity index is 214. The zero-order valence-electron chi connectivity index (χ0n) is 12.5. The second-order valence-corrected chi connectivity index (χ2v) is 6.68. The predicted molar refractivity (Wildman–Crippen MR) is 73.5 cm³/mol. The van der Waals surface area contributed by atoms with E-state index in [1.165, 1.54) is 19.3 Å². The minimum atomic E-state index is 0.609. The van der Waals surface area contributed by atoms with Gasteiger partial charge in [0.25, 0.3) is 0 Å². The average molecular weight is 224 g/mol. The third kappa shape index (κ3) is 2.05. The lowest BCUT2D eigenvalue weighted by Gasteiger charge is -2.62. The Morgan fingerprint density at radius 1 is 1.06 bits per heavy atom. The van der Waals surface area contributed by atoms with E-state index < -0.39 is 0 Å². The van der Waals surface area contributed by atoms with Crippen molar-refractivity contribution < 1.29 is 0 Å². The molecule has 0 radical (unpaired) electrons. The monoisotopic (exact) mass is 224 g/mol. The fourth-order valence-electron chi connectivity index (χ4n) is 4.02. The van der Waals surface area contributed by atoms with Crippen molar-refractivity contribution >= 4 is 0 Å². The summed E-state index contributed by atoms with van der Waals surface area (Å²) in [5.41, 5.74) is 0.609. The van der Waals surface area contributed by atoms with Gasteiger partial charge >= 0.3 is 0 Å². The third-order valence-corrected chi connectivity index (χ3v) is 6.23. The molecule has 0 N–H and O–H groups in total. The highest BCUT2D eigenvalue weighted by molar-refractivity contribution is 5.04. The average Bonchev–Trinajstić information content (AvgIpc) is 2.32. The van der Waals surface area contributed by atoms with E-state index in [9.17, 15) is 0 Å². The molecule has 0 saturated heterocycles. The molecule has 1 fully saturated rings. The fourth-order valence-corrected chi connectivity index (χ4v) is 4.02. The minimum absolute atomic E-state index is 0.609. The molecule has 1 saturated carbocycles. The highest BCUT2D eigenvalue weighted by Gasteiger charge is 2.56. The molecule has 0 spiro atoms. The number of hydrogen-bond donors (Lipinski definition) is 0. The minimum Gasteiger partial charge on any atom is -0.0651 e. The van der Waals surface area contributed by atoms with Gasteiger partial charge in [-0.3, -0.25) is 0 Å². The Hall–Kier alpha value is 0. The molecule has 0 aliphatic heterocycles. The maximum atomic E-state index is 2.55. The SMILES string of the molecule is CCC(C)CC1C(C)C(C)C1(C)C(C)CC. The fraction of sp³-hybridized carbons (Fsp3) is 1.00. The van der Waals surface area contributed by atoms with E-state index in [0.717, 1.165) is 29.6 Å². The van der Waals surface area contributed by atoms with Crippen LogP contribution in [0.25, 0.3) is 0 Å². The van der Waals surface area contributed by atoms with Crippen LogP contribution >= 0.6 is 0 Å². The smallest absolute Gasteiger partial charge is 0.0241 e. The Kier molecular flexibility index (Phi) is 4.49. The third-order valence-electron chi connectivity index (χ3n) is 6.23. The van der Waals surface area contributed by atoms with Crippen LogP contribution in [0.15, 0.2) is 0 Å². The summed E-state index contributed by atoms with van der Waals surface area (Å²) in [7, 11) is 0. The highest BCUT2D eigenvalue weighted by atomic mass is 14.6. The first kappa shape index (κ1) is 14.1. The molecular weight excluding hydrogens is 192 g/mol. The van der Waals surface area contributed by atoms with Gasteiger partial charge in [0, 0.05) is 0 Å². The topological polar surface area (TPSA) is 0 Å². The Morgan fingerprint density at radius 2 is 1.62 bits per heavy atom. The van der Waals surface area contributed by atoms with E-state index in [-0.39, 0.29) is 0 Å². The van der Waals surface area contributed by atoms with Gasteiger partial charge in [0.05, 0.1) is 0 Å². The molecule has 0 bridgehead atoms. The Morgan fingerprint density at radius 3 is 2.06 bits per heavy atom. The summed E-state index contributed by atoms with van der Waals surface area (Å²) in [4.78, 5) is 0. The summed E-state index contributed by atoms with van der Waals surface area (Å²) >= 11 is 0. The molecule has 6 atom stereocenters. The lowest BCUT2D eigenvalue weighted by atomic mass is 9.43. The zero-order chi connectivity index (χ0) is 12.5. The summed E-state index contributed by atoms with van der Waals surface area (Å²) in [5.74, 6) is 4.60. The molecule has 0 nitrogen and oxygen atoms in total. The molecule has 0 heterocycles. The van der Waals surface area contributed by atoms with Crippen LogP contribution in [-0.2, 0) is 0 Å². The summed E-state index contributed by atoms with van der Waals surface area (Å²) in [6.45, 7) is 17.1. The van der Waals surface area contributed by atoms with Crippen molar-refractivity contribution in [1.29, 1.82) is 0 Å². The molecular formula is C16H32. The zero-order valence-corrected chi connectivity index (χ0v) is 12.5. The van der Waals surface area contributed by atoms with Gasteiger partial charge in [-0.05, 0) is 41.4 Å². The maximum Gasteiger partial charge on any atom is -0.0241 e. The summed E-state index contributed by atoms with van der Waals surface area (Å²) in [6, 6.07) is 0. The van der Waals surface area contributed by atoms with Crippen LogP contribution in [0, 0.1) is 35.0 Å². The molecule has 6 unspecified atom stereocenters. The van der Waals surface area contributed by atoms with Crippen LogP contribution in [0.2, 0.25) is 0 Å². The quantitative estimate of drug-likeness (QED) is 0.588. The van der Waals surface area contributed by atoms with Crippen LogP contribution in [0.4, 0.5) is 0 Å². The molecule has 16 heavy (non-hydrogen) atoms. The molecule has 0 aromatic carbocycles. The number of rotatable bonds is 5. The molecule has 1 aliphatic carbocycles. The first-order valence-electron chi connectivity index (χ1n) is 7.39. The van der Waals surface area contributed by atoms with E-state index >= 15 is 0 Å². The van der Waals surface area contributed by atoms with Gasteiger partial charge in [-0.2, -0.15) is 0 Å². The molecule has 1 rings (SSSR count). The van der Waals surface area contributed by atoms with Crippen molar-refractivity contribution in [3.8, 4) is 0 Å². The Balaban J connectivity index is 2.74. The van der Waals surface area contributed by atoms with Crippen LogP contribution in [0.5, 0.6) is 0 Å². The van der Waals surface area contributed by atoms with Gasteiger partial charge in [0.15, 0.2) is 0 Å². The van der Waals surface area contributed by atoms with Crippen molar-refractivity contribution in [1.82, 2.24) is 0 Å². The largest absolute Gasteiger partial charge is 0.0651 e.